The van der Waals surface area contributed by atoms with Crippen LogP contribution in [0.1, 0.15) is 49.4 Å². The number of nitrogens with one attached hydrogen (secondary N) is 1. The molecule has 37 heavy (non-hydrogen) atoms. The molecule has 1 N–H and O–H groups in total. The standard InChI is InChI=1S/C30H30N4O3/c1-5-20-13-15-22(16-14-20)28-32-29(37-33-28)26-19(3)34(24-11-7-9-21(6-2)17-24)30(35)31-27(26)23-10-8-12-25(18-23)36-4/h7-18,27H,5-6H2,1-4H3,(H,31,35). The van der Waals surface area contributed by atoms with E-state index in [0.29, 0.717) is 17.5 Å². The average Bonchev–Trinajstić information content (AvgIpc) is 3.42. The third kappa shape index (κ3) is 4.72. The van der Waals surface area contributed by atoms with Gasteiger partial charge in [0.05, 0.1) is 24.4 Å². The van der Waals surface area contributed by atoms with Gasteiger partial charge in [-0.05, 0) is 60.7 Å². The zero-order chi connectivity index (χ0) is 25.9. The largest absolute Gasteiger partial charge is 0.497 e. The lowest BCUT2D eigenvalue weighted by Crippen LogP contribution is -2.46. The SMILES string of the molecule is CCc1ccc(-c2noc(C3=C(C)N(c4cccc(CC)c4)C(=O)NC3c3cccc(OC)c3)n2)cc1. The molecule has 0 radical (unpaired) electrons. The first-order chi connectivity index (χ1) is 18.0. The van der Waals surface area contributed by atoms with Crippen molar-refractivity contribution < 1.29 is 14.1 Å². The average molecular weight is 495 g/mol. The van der Waals surface area contributed by atoms with E-state index in [9.17, 15) is 4.79 Å². The molecule has 1 aromatic heterocycles. The van der Waals surface area contributed by atoms with E-state index in [-0.39, 0.29) is 6.03 Å². The van der Waals surface area contributed by atoms with Crippen LogP contribution in [0.25, 0.3) is 17.0 Å². The molecule has 188 valence electrons. The Morgan fingerprint density at radius 2 is 1.73 bits per heavy atom. The molecule has 2 amide bonds. The molecule has 2 heterocycles. The lowest BCUT2D eigenvalue weighted by molar-refractivity contribution is 0.244. The first-order valence-electron chi connectivity index (χ1n) is 12.5. The Hall–Kier alpha value is -4.39. The number of carbonyl (C=O) groups is 1. The van der Waals surface area contributed by atoms with Gasteiger partial charge in [0.2, 0.25) is 5.82 Å². The molecule has 1 unspecified atom stereocenters. The molecule has 1 atom stereocenters. The quantitative estimate of drug-likeness (QED) is 0.314. The summed E-state index contributed by atoms with van der Waals surface area (Å²) in [7, 11) is 1.62. The fourth-order valence-corrected chi connectivity index (χ4v) is 4.66. The van der Waals surface area contributed by atoms with Crippen LogP contribution < -0.4 is 15.0 Å². The van der Waals surface area contributed by atoms with E-state index in [4.69, 9.17) is 14.2 Å². The number of benzene rings is 3. The number of urea groups is 1. The third-order valence-electron chi connectivity index (χ3n) is 6.77. The van der Waals surface area contributed by atoms with Crippen LogP contribution in [0.5, 0.6) is 5.75 Å². The van der Waals surface area contributed by atoms with Gasteiger partial charge < -0.3 is 14.6 Å². The molecule has 1 aliphatic rings. The molecule has 3 aromatic carbocycles. The summed E-state index contributed by atoms with van der Waals surface area (Å²) >= 11 is 0. The molecule has 0 saturated heterocycles. The van der Waals surface area contributed by atoms with Gasteiger partial charge in [0.25, 0.3) is 5.89 Å². The van der Waals surface area contributed by atoms with Crippen LogP contribution >= 0.6 is 0 Å². The van der Waals surface area contributed by atoms with Gasteiger partial charge >= 0.3 is 6.03 Å². The number of anilines is 1. The molecule has 5 rings (SSSR count). The number of aromatic nitrogens is 2. The van der Waals surface area contributed by atoms with E-state index >= 15 is 0 Å². The number of amides is 2. The van der Waals surface area contributed by atoms with E-state index in [0.717, 1.165) is 46.5 Å². The lowest BCUT2D eigenvalue weighted by atomic mass is 9.94. The van der Waals surface area contributed by atoms with Crippen molar-refractivity contribution in [2.24, 2.45) is 0 Å². The Balaban J connectivity index is 1.64. The number of rotatable bonds is 7. The van der Waals surface area contributed by atoms with Crippen LogP contribution in [0.4, 0.5) is 10.5 Å². The number of hydrogen-bond donors (Lipinski definition) is 1. The first-order valence-corrected chi connectivity index (χ1v) is 12.5. The predicted octanol–water partition coefficient (Wildman–Crippen LogP) is 6.57. The van der Waals surface area contributed by atoms with Crippen molar-refractivity contribution >= 4 is 17.3 Å². The molecule has 1 aliphatic heterocycles. The monoisotopic (exact) mass is 494 g/mol. The molecule has 0 fully saturated rings. The molecule has 0 spiro atoms. The molecule has 0 saturated carbocycles. The minimum absolute atomic E-state index is 0.225. The second kappa shape index (κ2) is 10.3. The zero-order valence-electron chi connectivity index (χ0n) is 21.5. The maximum absolute atomic E-state index is 13.5. The highest BCUT2D eigenvalue weighted by Gasteiger charge is 2.36. The molecular formula is C30H30N4O3. The maximum atomic E-state index is 13.5. The van der Waals surface area contributed by atoms with Crippen molar-refractivity contribution in [3.05, 3.63) is 101 Å². The summed E-state index contributed by atoms with van der Waals surface area (Å²) < 4.78 is 11.3. The van der Waals surface area contributed by atoms with Crippen LogP contribution in [0.3, 0.4) is 0 Å². The second-order valence-corrected chi connectivity index (χ2v) is 8.99. The van der Waals surface area contributed by atoms with Crippen molar-refractivity contribution in [3.8, 4) is 17.1 Å². The zero-order valence-corrected chi connectivity index (χ0v) is 21.5. The van der Waals surface area contributed by atoms with Gasteiger partial charge in [0.1, 0.15) is 5.75 Å². The fourth-order valence-electron chi connectivity index (χ4n) is 4.66. The minimum atomic E-state index is -0.496. The van der Waals surface area contributed by atoms with Crippen LogP contribution in [0.2, 0.25) is 0 Å². The summed E-state index contributed by atoms with van der Waals surface area (Å²) in [6, 6.07) is 23.0. The lowest BCUT2D eigenvalue weighted by Gasteiger charge is -2.35. The van der Waals surface area contributed by atoms with Crippen molar-refractivity contribution in [2.75, 3.05) is 12.0 Å². The highest BCUT2D eigenvalue weighted by molar-refractivity contribution is 6.01. The number of allylic oxidation sites excluding steroid dienone is 1. The van der Waals surface area contributed by atoms with Gasteiger partial charge in [-0.2, -0.15) is 4.98 Å². The summed E-state index contributed by atoms with van der Waals surface area (Å²) in [5.41, 5.74) is 6.35. The first kappa shape index (κ1) is 24.3. The summed E-state index contributed by atoms with van der Waals surface area (Å²) in [5, 5.41) is 7.44. The molecule has 4 aromatic rings. The second-order valence-electron chi connectivity index (χ2n) is 8.99. The Morgan fingerprint density at radius 3 is 2.46 bits per heavy atom. The van der Waals surface area contributed by atoms with E-state index in [1.54, 1.807) is 12.0 Å². The Labute approximate surface area is 216 Å². The van der Waals surface area contributed by atoms with Gasteiger partial charge in [0, 0.05) is 11.3 Å². The predicted molar refractivity (Wildman–Crippen MR) is 144 cm³/mol. The summed E-state index contributed by atoms with van der Waals surface area (Å²) in [4.78, 5) is 19.9. The van der Waals surface area contributed by atoms with Gasteiger partial charge in [-0.3, -0.25) is 4.90 Å². The van der Waals surface area contributed by atoms with Gasteiger partial charge in [-0.15, -0.1) is 0 Å². The highest BCUT2D eigenvalue weighted by Crippen LogP contribution is 2.40. The van der Waals surface area contributed by atoms with E-state index < -0.39 is 6.04 Å². The van der Waals surface area contributed by atoms with Gasteiger partial charge in [-0.25, -0.2) is 4.79 Å². The number of methoxy groups -OCH3 is 1. The van der Waals surface area contributed by atoms with E-state index in [1.807, 2.05) is 61.5 Å². The van der Waals surface area contributed by atoms with Crippen molar-refractivity contribution in [2.45, 2.75) is 39.7 Å². The van der Waals surface area contributed by atoms with Crippen LogP contribution in [0, 0.1) is 0 Å². The molecule has 0 aliphatic carbocycles. The summed E-state index contributed by atoms with van der Waals surface area (Å²) in [6.45, 7) is 6.13. The van der Waals surface area contributed by atoms with Crippen LogP contribution in [-0.2, 0) is 12.8 Å². The van der Waals surface area contributed by atoms with E-state index in [1.165, 1.54) is 5.56 Å². The normalized spacial score (nSPS) is 15.6. The smallest absolute Gasteiger partial charge is 0.326 e. The van der Waals surface area contributed by atoms with Gasteiger partial charge in [0.15, 0.2) is 0 Å². The molecular weight excluding hydrogens is 464 g/mol. The van der Waals surface area contributed by atoms with E-state index in [2.05, 4.69) is 42.5 Å². The number of carbonyl (C=O) groups excluding carboxylic acids is 1. The highest BCUT2D eigenvalue weighted by atomic mass is 16.5. The summed E-state index contributed by atoms with van der Waals surface area (Å²) in [5.74, 6) is 1.55. The number of nitrogens with zero attached hydrogens (tertiary/aromatic N) is 3. The van der Waals surface area contributed by atoms with Crippen LogP contribution in [-0.4, -0.2) is 23.3 Å². The van der Waals surface area contributed by atoms with Gasteiger partial charge in [-0.1, -0.05) is 67.5 Å². The third-order valence-corrected chi connectivity index (χ3v) is 6.77. The Kier molecular flexibility index (Phi) is 6.77. The van der Waals surface area contributed by atoms with Crippen molar-refractivity contribution in [3.63, 3.8) is 0 Å². The Morgan fingerprint density at radius 1 is 0.973 bits per heavy atom. The fraction of sp³-hybridized carbons (Fsp3) is 0.233. The number of aryl methyl sites for hydroxylation is 2. The summed E-state index contributed by atoms with van der Waals surface area (Å²) in [6.07, 6.45) is 1.83. The minimum Gasteiger partial charge on any atom is -0.497 e. The van der Waals surface area contributed by atoms with Crippen LogP contribution in [0.15, 0.2) is 83.0 Å². The molecule has 0 bridgehead atoms. The number of hydrogen-bond acceptors (Lipinski definition) is 5. The van der Waals surface area contributed by atoms with Crippen molar-refractivity contribution in [1.29, 1.82) is 0 Å². The number of ether oxygens (including phenoxy) is 1. The molecule has 7 heteroatoms. The topological polar surface area (TPSA) is 80.5 Å². The van der Waals surface area contributed by atoms with Crippen molar-refractivity contribution in [1.82, 2.24) is 15.5 Å². The Bertz CT molecular complexity index is 1460. The maximum Gasteiger partial charge on any atom is 0.326 e. The molecule has 7 nitrogen and oxygen atoms in total.